The number of hydrogen-bond donors (Lipinski definition) is 0. The minimum atomic E-state index is -0.686. The minimum absolute atomic E-state index is 0.163. The van der Waals surface area contributed by atoms with Crippen molar-refractivity contribution < 1.29 is 23.1 Å². The lowest BCUT2D eigenvalue weighted by Gasteiger charge is -2.28. The van der Waals surface area contributed by atoms with Gasteiger partial charge in [0.15, 0.2) is 0 Å². The highest BCUT2D eigenvalue weighted by atomic mass is 19.1. The minimum Gasteiger partial charge on any atom is -0.444 e. The first-order chi connectivity index (χ1) is 10.7. The predicted octanol–water partition coefficient (Wildman–Crippen LogP) is 3.04. The molecule has 1 aliphatic heterocycles. The third-order valence-electron chi connectivity index (χ3n) is 4.59. The van der Waals surface area contributed by atoms with Crippen molar-refractivity contribution in [3.8, 4) is 0 Å². The van der Waals surface area contributed by atoms with Crippen LogP contribution in [0, 0.1) is 17.6 Å². The number of rotatable bonds is 2. The zero-order chi connectivity index (χ0) is 17.0. The molecular formula is C17H19F2NO3. The highest BCUT2D eigenvalue weighted by Crippen LogP contribution is 2.62. The van der Waals surface area contributed by atoms with Gasteiger partial charge in [-0.15, -0.1) is 0 Å². The van der Waals surface area contributed by atoms with E-state index in [4.69, 9.17) is 4.74 Å². The maximum absolute atomic E-state index is 14.1. The smallest absolute Gasteiger partial charge is 0.410 e. The molecule has 3 rings (SSSR count). The Morgan fingerprint density at radius 1 is 1.39 bits per heavy atom. The lowest BCUT2D eigenvalue weighted by Crippen LogP contribution is -2.43. The molecular weight excluding hydrogens is 304 g/mol. The molecule has 1 unspecified atom stereocenters. The SMILES string of the molecule is CC(C)(C)OC(=O)N1C[C@@]2(c3cc(F)ccc3F)C[C@H]2C1C=O. The molecule has 1 heterocycles. The van der Waals surface area contributed by atoms with Crippen LogP contribution in [0.3, 0.4) is 0 Å². The van der Waals surface area contributed by atoms with E-state index in [9.17, 15) is 18.4 Å². The number of carbonyl (C=O) groups is 2. The number of amides is 1. The molecule has 0 radical (unpaired) electrons. The number of carbonyl (C=O) groups excluding carboxylic acids is 2. The molecule has 1 aromatic carbocycles. The Balaban J connectivity index is 1.90. The van der Waals surface area contributed by atoms with E-state index < -0.39 is 34.8 Å². The normalized spacial score (nSPS) is 29.2. The van der Waals surface area contributed by atoms with Crippen LogP contribution in [0.4, 0.5) is 13.6 Å². The van der Waals surface area contributed by atoms with Crippen molar-refractivity contribution in [2.75, 3.05) is 6.54 Å². The Labute approximate surface area is 133 Å². The average molecular weight is 323 g/mol. The molecule has 1 amide bonds. The highest BCUT2D eigenvalue weighted by molar-refractivity contribution is 5.77. The largest absolute Gasteiger partial charge is 0.444 e. The van der Waals surface area contributed by atoms with Gasteiger partial charge in [-0.1, -0.05) is 0 Å². The number of nitrogens with zero attached hydrogens (tertiary/aromatic N) is 1. The Hall–Kier alpha value is -1.98. The number of fused-ring (bicyclic) bond motifs is 1. The van der Waals surface area contributed by atoms with Crippen LogP contribution in [-0.4, -0.2) is 35.5 Å². The number of halogens is 2. The second-order valence-electron chi connectivity index (χ2n) is 7.33. The van der Waals surface area contributed by atoms with Gasteiger partial charge < -0.3 is 9.53 Å². The lowest BCUT2D eigenvalue weighted by atomic mass is 9.93. The number of piperidine rings is 1. The maximum Gasteiger partial charge on any atom is 0.410 e. The first-order valence-electron chi connectivity index (χ1n) is 7.58. The molecule has 4 nitrogen and oxygen atoms in total. The van der Waals surface area contributed by atoms with Crippen molar-refractivity contribution in [1.29, 1.82) is 0 Å². The molecule has 6 heteroatoms. The summed E-state index contributed by atoms with van der Waals surface area (Å²) in [7, 11) is 0. The molecule has 23 heavy (non-hydrogen) atoms. The fourth-order valence-electron chi connectivity index (χ4n) is 3.54. The monoisotopic (exact) mass is 323 g/mol. The average Bonchev–Trinajstić information content (AvgIpc) is 3.07. The summed E-state index contributed by atoms with van der Waals surface area (Å²) in [5.41, 5.74) is -1.14. The summed E-state index contributed by atoms with van der Waals surface area (Å²) in [6.07, 6.45) is 0.661. The van der Waals surface area contributed by atoms with Gasteiger partial charge >= 0.3 is 6.09 Å². The number of aldehydes is 1. The van der Waals surface area contributed by atoms with Crippen LogP contribution in [0.15, 0.2) is 18.2 Å². The number of likely N-dealkylation sites (tertiary alicyclic amines) is 1. The van der Waals surface area contributed by atoms with Gasteiger partial charge in [0.2, 0.25) is 0 Å². The fourth-order valence-corrected chi connectivity index (χ4v) is 3.54. The van der Waals surface area contributed by atoms with E-state index in [0.717, 1.165) is 18.2 Å². The Bertz CT molecular complexity index is 670. The molecule has 2 aliphatic rings. The second-order valence-corrected chi connectivity index (χ2v) is 7.33. The van der Waals surface area contributed by atoms with Crippen LogP contribution >= 0.6 is 0 Å². The van der Waals surface area contributed by atoms with Crippen LogP contribution < -0.4 is 0 Å². The Morgan fingerprint density at radius 2 is 2.09 bits per heavy atom. The van der Waals surface area contributed by atoms with Crippen LogP contribution in [0.25, 0.3) is 0 Å². The number of hydrogen-bond acceptors (Lipinski definition) is 3. The van der Waals surface area contributed by atoms with Crippen LogP contribution in [0.5, 0.6) is 0 Å². The Morgan fingerprint density at radius 3 is 2.70 bits per heavy atom. The molecule has 1 saturated carbocycles. The van der Waals surface area contributed by atoms with E-state index in [1.807, 2.05) is 0 Å². The van der Waals surface area contributed by atoms with Crippen LogP contribution in [-0.2, 0) is 14.9 Å². The summed E-state index contributed by atoms with van der Waals surface area (Å²) in [4.78, 5) is 25.1. The molecule has 0 spiro atoms. The fraction of sp³-hybridized carbons (Fsp3) is 0.529. The summed E-state index contributed by atoms with van der Waals surface area (Å²) in [5.74, 6) is -1.23. The van der Waals surface area contributed by atoms with Crippen molar-refractivity contribution >= 4 is 12.4 Å². The highest BCUT2D eigenvalue weighted by Gasteiger charge is 2.67. The van der Waals surface area contributed by atoms with Gasteiger partial charge in [0, 0.05) is 12.0 Å². The second kappa shape index (κ2) is 5.01. The van der Waals surface area contributed by atoms with E-state index >= 15 is 0 Å². The molecule has 1 saturated heterocycles. The topological polar surface area (TPSA) is 46.6 Å². The summed E-state index contributed by atoms with van der Waals surface area (Å²) < 4.78 is 33.0. The molecule has 1 aromatic rings. The Kier molecular flexibility index (Phi) is 3.46. The molecule has 1 aliphatic carbocycles. The van der Waals surface area contributed by atoms with Gasteiger partial charge in [-0.25, -0.2) is 13.6 Å². The van der Waals surface area contributed by atoms with Crippen LogP contribution in [0.2, 0.25) is 0 Å². The van der Waals surface area contributed by atoms with Gasteiger partial charge in [-0.3, -0.25) is 4.90 Å². The van der Waals surface area contributed by atoms with Crippen molar-refractivity contribution in [2.24, 2.45) is 5.92 Å². The molecule has 2 fully saturated rings. The molecule has 124 valence electrons. The lowest BCUT2D eigenvalue weighted by molar-refractivity contribution is -0.112. The predicted molar refractivity (Wildman–Crippen MR) is 78.9 cm³/mol. The molecule has 0 N–H and O–H groups in total. The zero-order valence-corrected chi connectivity index (χ0v) is 13.3. The third-order valence-corrected chi connectivity index (χ3v) is 4.59. The summed E-state index contributed by atoms with van der Waals surface area (Å²) in [6, 6.07) is 2.65. The van der Waals surface area contributed by atoms with Gasteiger partial charge in [0.05, 0.1) is 6.04 Å². The maximum atomic E-state index is 14.1. The standard InChI is InChI=1S/C17H19F2NO3/c1-16(2,3)23-15(22)20-9-17(7-12(17)14(20)8-21)11-6-10(18)4-5-13(11)19/h4-6,8,12,14H,7,9H2,1-3H3/t12-,14?,17+/m0/s1. The van der Waals surface area contributed by atoms with E-state index in [-0.39, 0.29) is 18.0 Å². The van der Waals surface area contributed by atoms with Crippen molar-refractivity contribution in [1.82, 2.24) is 4.90 Å². The number of benzene rings is 1. The first-order valence-corrected chi connectivity index (χ1v) is 7.58. The van der Waals surface area contributed by atoms with E-state index in [0.29, 0.717) is 12.7 Å². The number of ether oxygens (including phenoxy) is 1. The van der Waals surface area contributed by atoms with Gasteiger partial charge in [-0.2, -0.15) is 0 Å². The van der Waals surface area contributed by atoms with Gasteiger partial charge in [-0.05, 0) is 56.9 Å². The van der Waals surface area contributed by atoms with E-state index in [1.165, 1.54) is 4.90 Å². The van der Waals surface area contributed by atoms with E-state index in [2.05, 4.69) is 0 Å². The molecule has 0 bridgehead atoms. The van der Waals surface area contributed by atoms with Crippen molar-refractivity contribution in [3.05, 3.63) is 35.4 Å². The molecule has 0 aromatic heterocycles. The van der Waals surface area contributed by atoms with Crippen molar-refractivity contribution in [3.63, 3.8) is 0 Å². The third kappa shape index (κ3) is 2.60. The summed E-state index contributed by atoms with van der Waals surface area (Å²) >= 11 is 0. The van der Waals surface area contributed by atoms with Crippen molar-refractivity contribution in [2.45, 2.75) is 44.2 Å². The van der Waals surface area contributed by atoms with Gasteiger partial charge in [0.25, 0.3) is 0 Å². The summed E-state index contributed by atoms with van der Waals surface area (Å²) in [6.45, 7) is 5.37. The molecule has 3 atom stereocenters. The van der Waals surface area contributed by atoms with Gasteiger partial charge in [0.1, 0.15) is 23.5 Å². The quantitative estimate of drug-likeness (QED) is 0.786. The summed E-state index contributed by atoms with van der Waals surface area (Å²) in [5, 5.41) is 0. The zero-order valence-electron chi connectivity index (χ0n) is 13.3. The first kappa shape index (κ1) is 15.9. The van der Waals surface area contributed by atoms with E-state index in [1.54, 1.807) is 20.8 Å². The van der Waals surface area contributed by atoms with Crippen LogP contribution in [0.1, 0.15) is 32.8 Å².